The van der Waals surface area contributed by atoms with Crippen molar-refractivity contribution in [1.29, 1.82) is 0 Å². The van der Waals surface area contributed by atoms with E-state index >= 15 is 0 Å². The van der Waals surface area contributed by atoms with Crippen LogP contribution in [0.25, 0.3) is 0 Å². The summed E-state index contributed by atoms with van der Waals surface area (Å²) in [4.78, 5) is 2.31. The zero-order chi connectivity index (χ0) is 15.1. The van der Waals surface area contributed by atoms with Crippen molar-refractivity contribution in [2.24, 2.45) is 0 Å². The minimum absolute atomic E-state index is 0.410. The highest BCUT2D eigenvalue weighted by molar-refractivity contribution is 5.44. The van der Waals surface area contributed by atoms with Gasteiger partial charge in [0.2, 0.25) is 0 Å². The van der Waals surface area contributed by atoms with E-state index < -0.39 is 0 Å². The summed E-state index contributed by atoms with van der Waals surface area (Å²) >= 11 is 0. The fraction of sp³-hybridized carbons (Fsp3) is 0.368. The Balaban J connectivity index is 1.74. The summed E-state index contributed by atoms with van der Waals surface area (Å²) in [6, 6.07) is 19.6. The number of para-hydroxylation sites is 1. The zero-order valence-corrected chi connectivity index (χ0v) is 13.3. The van der Waals surface area contributed by atoms with Gasteiger partial charge in [0.15, 0.2) is 0 Å². The maximum Gasteiger partial charge on any atom is 0.0363 e. The van der Waals surface area contributed by atoms with E-state index in [1.54, 1.807) is 0 Å². The summed E-state index contributed by atoms with van der Waals surface area (Å²) in [7, 11) is 2.15. The van der Waals surface area contributed by atoms with Gasteiger partial charge < -0.3 is 10.2 Å². The van der Waals surface area contributed by atoms with Crippen molar-refractivity contribution in [3.63, 3.8) is 0 Å². The number of nitrogens with zero attached hydrogens (tertiary/aromatic N) is 1. The molecule has 2 heteroatoms. The van der Waals surface area contributed by atoms with Crippen molar-refractivity contribution >= 4 is 5.69 Å². The summed E-state index contributed by atoms with van der Waals surface area (Å²) in [6.07, 6.45) is 1.14. The second kappa shape index (κ2) is 7.84. The molecule has 0 spiro atoms. The lowest BCUT2D eigenvalue weighted by Gasteiger charge is -2.21. The molecule has 0 saturated heterocycles. The SMILES string of the molecule is Cc1ccccc1C(C)NCCCN(C)c1ccccc1. The van der Waals surface area contributed by atoms with Gasteiger partial charge in [0.05, 0.1) is 0 Å². The van der Waals surface area contributed by atoms with Crippen LogP contribution in [0.4, 0.5) is 5.69 Å². The van der Waals surface area contributed by atoms with E-state index in [1.807, 2.05) is 0 Å². The van der Waals surface area contributed by atoms with Crippen molar-refractivity contribution in [3.8, 4) is 0 Å². The quantitative estimate of drug-likeness (QED) is 0.767. The fourth-order valence-corrected chi connectivity index (χ4v) is 2.63. The topological polar surface area (TPSA) is 15.3 Å². The van der Waals surface area contributed by atoms with Crippen LogP contribution in [-0.2, 0) is 0 Å². The summed E-state index contributed by atoms with van der Waals surface area (Å²) in [5.74, 6) is 0. The van der Waals surface area contributed by atoms with Crippen LogP contribution in [-0.4, -0.2) is 20.1 Å². The highest BCUT2D eigenvalue weighted by atomic mass is 15.1. The van der Waals surface area contributed by atoms with E-state index in [4.69, 9.17) is 0 Å². The molecule has 1 atom stereocenters. The first-order valence-electron chi connectivity index (χ1n) is 7.73. The predicted molar refractivity (Wildman–Crippen MR) is 91.9 cm³/mol. The molecule has 0 heterocycles. The molecule has 0 amide bonds. The van der Waals surface area contributed by atoms with Crippen LogP contribution in [0.3, 0.4) is 0 Å². The zero-order valence-electron chi connectivity index (χ0n) is 13.3. The highest BCUT2D eigenvalue weighted by Crippen LogP contribution is 2.16. The van der Waals surface area contributed by atoms with E-state index in [9.17, 15) is 0 Å². The van der Waals surface area contributed by atoms with Gasteiger partial charge in [-0.15, -0.1) is 0 Å². The van der Waals surface area contributed by atoms with Crippen LogP contribution in [0, 0.1) is 6.92 Å². The Morgan fingerprint density at radius 1 is 1.00 bits per heavy atom. The second-order valence-corrected chi connectivity index (χ2v) is 5.64. The normalized spacial score (nSPS) is 12.1. The minimum Gasteiger partial charge on any atom is -0.375 e. The van der Waals surface area contributed by atoms with Crippen molar-refractivity contribution in [2.75, 3.05) is 25.0 Å². The van der Waals surface area contributed by atoms with E-state index in [2.05, 4.69) is 85.7 Å². The molecule has 0 aliphatic rings. The van der Waals surface area contributed by atoms with Crippen molar-refractivity contribution in [1.82, 2.24) is 5.32 Å². The molecule has 0 aliphatic carbocycles. The Morgan fingerprint density at radius 2 is 1.67 bits per heavy atom. The Morgan fingerprint density at radius 3 is 2.38 bits per heavy atom. The predicted octanol–water partition coefficient (Wildman–Crippen LogP) is 4.17. The number of hydrogen-bond acceptors (Lipinski definition) is 2. The standard InChI is InChI=1S/C19H26N2/c1-16-10-7-8-13-19(16)17(2)20-14-9-15-21(3)18-11-5-4-6-12-18/h4-8,10-13,17,20H,9,14-15H2,1-3H3. The third kappa shape index (κ3) is 4.61. The first-order valence-corrected chi connectivity index (χ1v) is 7.73. The van der Waals surface area contributed by atoms with E-state index in [0.717, 1.165) is 19.5 Å². The maximum atomic E-state index is 3.62. The average molecular weight is 282 g/mol. The number of rotatable bonds is 7. The largest absolute Gasteiger partial charge is 0.375 e. The van der Waals surface area contributed by atoms with Crippen LogP contribution in [0.15, 0.2) is 54.6 Å². The third-order valence-corrected chi connectivity index (χ3v) is 3.97. The molecule has 0 radical (unpaired) electrons. The molecule has 0 bridgehead atoms. The highest BCUT2D eigenvalue weighted by Gasteiger charge is 2.06. The minimum atomic E-state index is 0.410. The average Bonchev–Trinajstić information content (AvgIpc) is 2.52. The van der Waals surface area contributed by atoms with E-state index in [0.29, 0.717) is 6.04 Å². The van der Waals surface area contributed by atoms with Gasteiger partial charge >= 0.3 is 0 Å². The van der Waals surface area contributed by atoms with Gasteiger partial charge in [0.25, 0.3) is 0 Å². The Kier molecular flexibility index (Phi) is 5.82. The van der Waals surface area contributed by atoms with Gasteiger partial charge in [-0.2, -0.15) is 0 Å². The Bertz CT molecular complexity index is 536. The molecule has 2 nitrogen and oxygen atoms in total. The van der Waals surface area contributed by atoms with Gasteiger partial charge in [0, 0.05) is 25.3 Å². The van der Waals surface area contributed by atoms with Gasteiger partial charge in [-0.05, 0) is 50.1 Å². The Labute approximate surface area is 128 Å². The van der Waals surface area contributed by atoms with Crippen LogP contribution in [0.1, 0.15) is 30.5 Å². The summed E-state index contributed by atoms with van der Waals surface area (Å²) in [5, 5.41) is 3.62. The van der Waals surface area contributed by atoms with Crippen LogP contribution >= 0.6 is 0 Å². The molecule has 21 heavy (non-hydrogen) atoms. The van der Waals surface area contributed by atoms with Crippen LogP contribution in [0.2, 0.25) is 0 Å². The first-order chi connectivity index (χ1) is 10.2. The summed E-state index contributed by atoms with van der Waals surface area (Å²) in [6.45, 7) is 6.52. The summed E-state index contributed by atoms with van der Waals surface area (Å²) < 4.78 is 0. The summed E-state index contributed by atoms with van der Waals surface area (Å²) in [5.41, 5.74) is 4.04. The molecular formula is C19H26N2. The molecule has 1 N–H and O–H groups in total. The lowest BCUT2D eigenvalue weighted by Crippen LogP contribution is -2.25. The fourth-order valence-electron chi connectivity index (χ4n) is 2.63. The molecule has 0 fully saturated rings. The number of nitrogens with one attached hydrogen (secondary N) is 1. The molecule has 2 aromatic carbocycles. The number of benzene rings is 2. The van der Waals surface area contributed by atoms with Crippen molar-refractivity contribution in [2.45, 2.75) is 26.3 Å². The van der Waals surface area contributed by atoms with Crippen molar-refractivity contribution in [3.05, 3.63) is 65.7 Å². The van der Waals surface area contributed by atoms with Gasteiger partial charge in [-0.3, -0.25) is 0 Å². The molecule has 2 rings (SSSR count). The lowest BCUT2D eigenvalue weighted by atomic mass is 10.0. The van der Waals surface area contributed by atoms with E-state index in [1.165, 1.54) is 16.8 Å². The van der Waals surface area contributed by atoms with Crippen molar-refractivity contribution < 1.29 is 0 Å². The van der Waals surface area contributed by atoms with E-state index in [-0.39, 0.29) is 0 Å². The Hall–Kier alpha value is -1.80. The lowest BCUT2D eigenvalue weighted by molar-refractivity contribution is 0.556. The molecular weight excluding hydrogens is 256 g/mol. The number of anilines is 1. The molecule has 0 aliphatic heterocycles. The maximum absolute atomic E-state index is 3.62. The first kappa shape index (κ1) is 15.6. The van der Waals surface area contributed by atoms with Gasteiger partial charge in [-0.25, -0.2) is 0 Å². The van der Waals surface area contributed by atoms with Gasteiger partial charge in [0.1, 0.15) is 0 Å². The molecule has 1 unspecified atom stereocenters. The smallest absolute Gasteiger partial charge is 0.0363 e. The number of aryl methyl sites for hydroxylation is 1. The van der Waals surface area contributed by atoms with Crippen LogP contribution < -0.4 is 10.2 Å². The van der Waals surface area contributed by atoms with Crippen LogP contribution in [0.5, 0.6) is 0 Å². The monoisotopic (exact) mass is 282 g/mol. The second-order valence-electron chi connectivity index (χ2n) is 5.64. The van der Waals surface area contributed by atoms with Gasteiger partial charge in [-0.1, -0.05) is 42.5 Å². The molecule has 112 valence electrons. The number of hydrogen-bond donors (Lipinski definition) is 1. The molecule has 2 aromatic rings. The molecule has 0 saturated carbocycles. The third-order valence-electron chi connectivity index (χ3n) is 3.97. The molecule has 0 aromatic heterocycles.